The fourth-order valence-corrected chi connectivity index (χ4v) is 4.96. The molecule has 0 spiro atoms. The summed E-state index contributed by atoms with van der Waals surface area (Å²) in [6.07, 6.45) is -0.575. The highest BCUT2D eigenvalue weighted by Crippen LogP contribution is 2.19. The van der Waals surface area contributed by atoms with Crippen molar-refractivity contribution < 1.29 is 28.5 Å². The fourth-order valence-electron chi connectivity index (χ4n) is 4.08. The Morgan fingerprint density at radius 1 is 1.13 bits per heavy atom. The Kier molecular flexibility index (Phi) is 10.4. The summed E-state index contributed by atoms with van der Waals surface area (Å²) in [5.41, 5.74) is 0.861. The molecular formula is C27H34FN5O5S. The van der Waals surface area contributed by atoms with Crippen molar-refractivity contribution >= 4 is 29.7 Å². The molecule has 0 bridgehead atoms. The molecule has 2 aromatic rings. The van der Waals surface area contributed by atoms with Gasteiger partial charge in [0, 0.05) is 44.7 Å². The van der Waals surface area contributed by atoms with Crippen molar-refractivity contribution in [3.05, 3.63) is 59.9 Å². The van der Waals surface area contributed by atoms with E-state index in [1.807, 2.05) is 48.0 Å². The van der Waals surface area contributed by atoms with Crippen LogP contribution in [0.2, 0.25) is 0 Å². The van der Waals surface area contributed by atoms with E-state index in [1.165, 1.54) is 12.1 Å². The fraction of sp³-hybridized carbons (Fsp3) is 0.444. The van der Waals surface area contributed by atoms with Crippen molar-refractivity contribution in [1.29, 1.82) is 0 Å². The van der Waals surface area contributed by atoms with Gasteiger partial charge in [-0.1, -0.05) is 12.1 Å². The van der Waals surface area contributed by atoms with E-state index in [9.17, 15) is 14.3 Å². The number of carboxylic acid groups (broad SMARTS) is 1. The zero-order valence-corrected chi connectivity index (χ0v) is 23.0. The number of guanidine groups is 1. The minimum absolute atomic E-state index is 0.217. The van der Waals surface area contributed by atoms with E-state index >= 15 is 0 Å². The zero-order valence-electron chi connectivity index (χ0n) is 22.2. The topological polar surface area (TPSA) is 99.4 Å². The Morgan fingerprint density at radius 3 is 2.49 bits per heavy atom. The summed E-state index contributed by atoms with van der Waals surface area (Å²) in [5.74, 6) is 2.61. The molecule has 10 nitrogen and oxygen atoms in total. The van der Waals surface area contributed by atoms with E-state index in [0.717, 1.165) is 30.2 Å². The number of carboxylic acids is 1. The van der Waals surface area contributed by atoms with Crippen LogP contribution in [-0.2, 0) is 16.0 Å². The van der Waals surface area contributed by atoms with Crippen LogP contribution in [-0.4, -0.2) is 102 Å². The summed E-state index contributed by atoms with van der Waals surface area (Å²) >= 11 is 1.93. The highest BCUT2D eigenvalue weighted by molar-refractivity contribution is 7.99. The minimum Gasteiger partial charge on any atom is -0.492 e. The lowest BCUT2D eigenvalue weighted by Crippen LogP contribution is -2.56. The van der Waals surface area contributed by atoms with Crippen LogP contribution in [0.4, 0.5) is 4.39 Å². The van der Waals surface area contributed by atoms with Crippen LogP contribution in [0.15, 0.2) is 58.5 Å². The molecule has 1 fully saturated rings. The normalized spacial score (nSPS) is 16.7. The van der Waals surface area contributed by atoms with Crippen molar-refractivity contribution in [2.24, 2.45) is 9.98 Å². The number of ether oxygens (including phenoxy) is 3. The van der Waals surface area contributed by atoms with Gasteiger partial charge in [0.2, 0.25) is 5.96 Å². The smallest absolute Gasteiger partial charge is 0.333 e. The van der Waals surface area contributed by atoms with Crippen LogP contribution in [0.1, 0.15) is 12.5 Å². The van der Waals surface area contributed by atoms with Crippen LogP contribution in [0.25, 0.3) is 0 Å². The van der Waals surface area contributed by atoms with Crippen LogP contribution >= 0.6 is 11.8 Å². The molecule has 2 heterocycles. The quantitative estimate of drug-likeness (QED) is 0.445. The van der Waals surface area contributed by atoms with Gasteiger partial charge in [-0.15, -0.1) is 0 Å². The first-order valence-electron chi connectivity index (χ1n) is 12.9. The number of benzene rings is 2. The molecule has 1 atom stereocenters. The van der Waals surface area contributed by atoms with E-state index in [0.29, 0.717) is 50.3 Å². The minimum atomic E-state index is -0.973. The van der Waals surface area contributed by atoms with Crippen molar-refractivity contribution in [3.63, 3.8) is 0 Å². The SMILES string of the molecule is CCO[C@@H](Cc1ccc(OCCN(C)C2=NC(Oc3ccc(F)cc3)=NCN2N2CCSCC2)cc1)C(=O)O. The molecule has 210 valence electrons. The van der Waals surface area contributed by atoms with E-state index in [2.05, 4.69) is 20.0 Å². The number of amidine groups is 1. The molecule has 0 aliphatic carbocycles. The molecule has 0 saturated carbocycles. The largest absolute Gasteiger partial charge is 0.492 e. The second kappa shape index (κ2) is 14.2. The van der Waals surface area contributed by atoms with Gasteiger partial charge < -0.3 is 24.2 Å². The molecule has 2 aliphatic heterocycles. The number of halogens is 1. The van der Waals surface area contributed by atoms with Crippen molar-refractivity contribution in [1.82, 2.24) is 14.9 Å². The van der Waals surface area contributed by atoms with Crippen LogP contribution in [0.3, 0.4) is 0 Å². The van der Waals surface area contributed by atoms with Gasteiger partial charge in [0.25, 0.3) is 0 Å². The Hall–Kier alpha value is -3.35. The maximum atomic E-state index is 13.3. The maximum absolute atomic E-state index is 13.3. The lowest BCUT2D eigenvalue weighted by atomic mass is 10.1. The molecule has 2 aromatic carbocycles. The van der Waals surface area contributed by atoms with Gasteiger partial charge >= 0.3 is 12.0 Å². The van der Waals surface area contributed by atoms with Gasteiger partial charge in [-0.2, -0.15) is 16.8 Å². The highest BCUT2D eigenvalue weighted by Gasteiger charge is 2.28. The highest BCUT2D eigenvalue weighted by atomic mass is 32.2. The Balaban J connectivity index is 1.36. The molecule has 0 amide bonds. The van der Waals surface area contributed by atoms with Gasteiger partial charge in [-0.05, 0) is 48.9 Å². The molecule has 12 heteroatoms. The third-order valence-electron chi connectivity index (χ3n) is 6.14. The van der Waals surface area contributed by atoms with Gasteiger partial charge in [0.15, 0.2) is 6.10 Å². The van der Waals surface area contributed by atoms with Gasteiger partial charge in [0.05, 0.1) is 6.54 Å². The van der Waals surface area contributed by atoms with E-state index in [4.69, 9.17) is 14.2 Å². The van der Waals surface area contributed by atoms with Gasteiger partial charge in [-0.25, -0.2) is 19.2 Å². The molecule has 39 heavy (non-hydrogen) atoms. The number of rotatable bonds is 11. The standard InChI is InChI=1S/C27H34FN5O5S/c1-3-36-24(25(34)35)18-20-4-8-22(9-5-20)37-15-12-31(2)27-30-26(38-23-10-6-21(28)7-11-23)29-19-33(27)32-13-16-39-17-14-32/h4-11,24H,3,12-19H2,1-2H3,(H,34,35)/t24-/m0/s1. The summed E-state index contributed by atoms with van der Waals surface area (Å²) in [6, 6.07) is 13.3. The number of hydrazine groups is 1. The number of carbonyl (C=O) groups is 1. The monoisotopic (exact) mass is 559 g/mol. The van der Waals surface area contributed by atoms with E-state index in [1.54, 1.807) is 19.1 Å². The predicted molar refractivity (Wildman–Crippen MR) is 149 cm³/mol. The number of aliphatic carboxylic acids is 1. The summed E-state index contributed by atoms with van der Waals surface area (Å²) in [4.78, 5) is 22.5. The third kappa shape index (κ3) is 8.32. The lowest BCUT2D eigenvalue weighted by Gasteiger charge is -2.41. The Labute approximate surface area is 232 Å². The summed E-state index contributed by atoms with van der Waals surface area (Å²) in [5, 5.41) is 13.6. The maximum Gasteiger partial charge on any atom is 0.333 e. The number of aliphatic imine (C=N–C) groups is 2. The van der Waals surface area contributed by atoms with Gasteiger partial charge in [-0.3, -0.25) is 5.01 Å². The molecule has 0 radical (unpaired) electrons. The van der Waals surface area contributed by atoms with Crippen LogP contribution in [0, 0.1) is 5.82 Å². The van der Waals surface area contributed by atoms with Crippen LogP contribution < -0.4 is 9.47 Å². The third-order valence-corrected chi connectivity index (χ3v) is 7.09. The van der Waals surface area contributed by atoms with E-state index in [-0.39, 0.29) is 11.8 Å². The molecule has 1 saturated heterocycles. The summed E-state index contributed by atoms with van der Waals surface area (Å²) in [7, 11) is 1.94. The first-order chi connectivity index (χ1) is 18.9. The average Bonchev–Trinajstić information content (AvgIpc) is 2.95. The molecule has 2 aliphatic rings. The molecule has 0 aromatic heterocycles. The Bertz CT molecular complexity index is 1140. The van der Waals surface area contributed by atoms with Crippen molar-refractivity contribution in [2.45, 2.75) is 19.4 Å². The number of thioether (sulfide) groups is 1. The average molecular weight is 560 g/mol. The van der Waals surface area contributed by atoms with E-state index < -0.39 is 12.1 Å². The Morgan fingerprint density at radius 2 is 1.82 bits per heavy atom. The molecule has 4 rings (SSSR count). The van der Waals surface area contributed by atoms with Gasteiger partial charge in [0.1, 0.15) is 30.6 Å². The molecular weight excluding hydrogens is 525 g/mol. The molecule has 1 N–H and O–H groups in total. The number of hydrogen-bond acceptors (Lipinski definition) is 10. The molecule has 0 unspecified atom stereocenters. The second-order valence-electron chi connectivity index (χ2n) is 8.92. The van der Waals surface area contributed by atoms with Crippen molar-refractivity contribution in [3.8, 4) is 11.5 Å². The first-order valence-corrected chi connectivity index (χ1v) is 14.0. The van der Waals surface area contributed by atoms with Crippen LogP contribution in [0.5, 0.6) is 11.5 Å². The van der Waals surface area contributed by atoms with Crippen molar-refractivity contribution in [2.75, 3.05) is 58.1 Å². The summed E-state index contributed by atoms with van der Waals surface area (Å²) < 4.78 is 30.4. The lowest BCUT2D eigenvalue weighted by molar-refractivity contribution is -0.149. The summed E-state index contributed by atoms with van der Waals surface area (Å²) in [6.45, 7) is 5.24. The second-order valence-corrected chi connectivity index (χ2v) is 10.1. The predicted octanol–water partition coefficient (Wildman–Crippen LogP) is 3.20. The number of hydrogen-bond donors (Lipinski definition) is 1. The first kappa shape index (κ1) is 28.7. The number of likely N-dealkylation sites (N-methyl/N-ethyl adjacent to an activating group) is 1. The zero-order chi connectivity index (χ0) is 27.6. The number of nitrogens with zero attached hydrogens (tertiary/aromatic N) is 5.